The van der Waals surface area contributed by atoms with Crippen LogP contribution in [-0.4, -0.2) is 35.4 Å². The Labute approximate surface area is 241 Å². The van der Waals surface area contributed by atoms with Gasteiger partial charge in [0.1, 0.15) is 24.7 Å². The monoisotopic (exact) mass is 552 g/mol. The third-order valence-corrected chi connectivity index (χ3v) is 6.70. The summed E-state index contributed by atoms with van der Waals surface area (Å²) in [5, 5.41) is 20.6. The fourth-order valence-electron chi connectivity index (χ4n) is 4.26. The predicted octanol–water partition coefficient (Wildman–Crippen LogP) is 7.01. The molecule has 0 saturated carbocycles. The van der Waals surface area contributed by atoms with E-state index in [-0.39, 0.29) is 41.3 Å². The van der Waals surface area contributed by atoms with Crippen molar-refractivity contribution in [2.24, 2.45) is 0 Å². The number of hydrogen-bond acceptors (Lipinski definition) is 6. The molecule has 0 bridgehead atoms. The number of aromatic hydroxyl groups is 2. The van der Waals surface area contributed by atoms with Crippen LogP contribution in [0.5, 0.6) is 11.5 Å². The molecule has 2 N–H and O–H groups in total. The number of esters is 2. The molecular weight excluding hydrogens is 516 g/mol. The summed E-state index contributed by atoms with van der Waals surface area (Å²) in [5.74, 6) is -0.792. The molecule has 3 aromatic rings. The molecule has 0 aliphatic rings. The van der Waals surface area contributed by atoms with Crippen molar-refractivity contribution in [2.45, 2.75) is 32.1 Å². The molecule has 0 atom stereocenters. The van der Waals surface area contributed by atoms with Crippen LogP contribution >= 0.6 is 0 Å². The van der Waals surface area contributed by atoms with Crippen molar-refractivity contribution in [1.82, 2.24) is 0 Å². The fraction of sp³-hybridized carbons (Fsp3) is 0.200. The molecule has 0 aliphatic carbocycles. The van der Waals surface area contributed by atoms with E-state index < -0.39 is 11.9 Å². The Bertz CT molecular complexity index is 1460. The largest absolute Gasteiger partial charge is 0.508 e. The highest BCUT2D eigenvalue weighted by Gasteiger charge is 2.25. The lowest BCUT2D eigenvalue weighted by molar-refractivity contribution is 0.0503. The molecule has 0 spiro atoms. The van der Waals surface area contributed by atoms with Gasteiger partial charge in [0.2, 0.25) is 0 Å². The van der Waals surface area contributed by atoms with Crippen molar-refractivity contribution in [3.63, 3.8) is 0 Å². The minimum Gasteiger partial charge on any atom is -0.508 e. The maximum atomic E-state index is 12.5. The third kappa shape index (κ3) is 8.08. The highest BCUT2D eigenvalue weighted by molar-refractivity contribution is 6.03. The average Bonchev–Trinajstić information content (AvgIpc) is 2.97. The first-order valence-electron chi connectivity index (χ1n) is 13.3. The zero-order valence-electron chi connectivity index (χ0n) is 23.5. The van der Waals surface area contributed by atoms with E-state index in [1.165, 1.54) is 18.2 Å². The number of allylic oxidation sites excluding steroid dienone is 4. The van der Waals surface area contributed by atoms with Gasteiger partial charge in [-0.25, -0.2) is 9.59 Å². The summed E-state index contributed by atoms with van der Waals surface area (Å²) in [5.41, 5.74) is 3.58. The van der Waals surface area contributed by atoms with Crippen LogP contribution < -0.4 is 0 Å². The molecule has 3 aromatic carbocycles. The second kappa shape index (κ2) is 14.5. The molecule has 0 fully saturated rings. The van der Waals surface area contributed by atoms with Crippen molar-refractivity contribution in [3.05, 3.63) is 144 Å². The van der Waals surface area contributed by atoms with E-state index in [4.69, 9.17) is 9.47 Å². The van der Waals surface area contributed by atoms with Gasteiger partial charge >= 0.3 is 11.9 Å². The van der Waals surface area contributed by atoms with Crippen LogP contribution in [0.3, 0.4) is 0 Å². The minimum atomic E-state index is -0.626. The zero-order valence-corrected chi connectivity index (χ0v) is 23.5. The Morgan fingerprint density at radius 1 is 0.732 bits per heavy atom. The van der Waals surface area contributed by atoms with Gasteiger partial charge < -0.3 is 19.7 Å². The van der Waals surface area contributed by atoms with Gasteiger partial charge in [0.25, 0.3) is 0 Å². The van der Waals surface area contributed by atoms with Gasteiger partial charge in [-0.05, 0) is 65.4 Å². The molecule has 0 aromatic heterocycles. The first-order chi connectivity index (χ1) is 19.7. The van der Waals surface area contributed by atoms with Gasteiger partial charge in [0, 0.05) is 5.41 Å². The van der Waals surface area contributed by atoms with Gasteiger partial charge in [0.05, 0.1) is 11.1 Å². The molecule has 0 saturated heterocycles. The zero-order chi connectivity index (χ0) is 29.8. The SMILES string of the molecule is C=CCOC(=O)c1ccccc1C(=O)OC/C=C/C=C/Cc1cc(C(C)(C)c2ccc(O)c(CC=C)c2)ccc1O. The molecule has 0 aliphatic heterocycles. The number of hydrogen-bond donors (Lipinski definition) is 2. The molecular formula is C35H36O6. The molecule has 212 valence electrons. The second-order valence-electron chi connectivity index (χ2n) is 9.90. The highest BCUT2D eigenvalue weighted by atomic mass is 16.5. The number of carbonyl (C=O) groups excluding carboxylic acids is 2. The molecule has 0 heterocycles. The van der Waals surface area contributed by atoms with Crippen LogP contribution in [0.2, 0.25) is 0 Å². The molecule has 0 radical (unpaired) electrons. The Morgan fingerprint density at radius 2 is 1.24 bits per heavy atom. The number of carbonyl (C=O) groups is 2. The van der Waals surface area contributed by atoms with Crippen LogP contribution in [0.25, 0.3) is 0 Å². The number of ether oxygens (including phenoxy) is 2. The summed E-state index contributed by atoms with van der Waals surface area (Å²) in [4.78, 5) is 24.7. The summed E-state index contributed by atoms with van der Waals surface area (Å²) in [7, 11) is 0. The third-order valence-electron chi connectivity index (χ3n) is 6.70. The number of rotatable bonds is 13. The van der Waals surface area contributed by atoms with Gasteiger partial charge in [-0.2, -0.15) is 0 Å². The summed E-state index contributed by atoms with van der Waals surface area (Å²) in [6.07, 6.45) is 11.4. The van der Waals surface area contributed by atoms with Crippen LogP contribution in [-0.2, 0) is 27.7 Å². The molecule has 6 nitrogen and oxygen atoms in total. The van der Waals surface area contributed by atoms with Gasteiger partial charge in [-0.15, -0.1) is 6.58 Å². The van der Waals surface area contributed by atoms with Crippen molar-refractivity contribution in [3.8, 4) is 11.5 Å². The Hall–Kier alpha value is -4.84. The van der Waals surface area contributed by atoms with E-state index in [1.807, 2.05) is 36.4 Å². The van der Waals surface area contributed by atoms with E-state index in [0.717, 1.165) is 22.3 Å². The molecule has 0 unspecified atom stereocenters. The number of benzene rings is 3. The first-order valence-corrected chi connectivity index (χ1v) is 13.3. The van der Waals surface area contributed by atoms with Crippen molar-refractivity contribution in [2.75, 3.05) is 13.2 Å². The van der Waals surface area contributed by atoms with Crippen LogP contribution in [0.1, 0.15) is 56.8 Å². The van der Waals surface area contributed by atoms with Crippen LogP contribution in [0, 0.1) is 0 Å². The van der Waals surface area contributed by atoms with E-state index in [1.54, 1.807) is 42.5 Å². The molecule has 0 amide bonds. The quantitative estimate of drug-likeness (QED) is 0.135. The van der Waals surface area contributed by atoms with Gasteiger partial charge in [-0.1, -0.05) is 87.2 Å². The minimum absolute atomic E-state index is 0.0224. The fourth-order valence-corrected chi connectivity index (χ4v) is 4.26. The van der Waals surface area contributed by atoms with E-state index in [0.29, 0.717) is 12.8 Å². The molecule has 41 heavy (non-hydrogen) atoms. The van der Waals surface area contributed by atoms with Gasteiger partial charge in [-0.3, -0.25) is 0 Å². The van der Waals surface area contributed by atoms with E-state index in [2.05, 4.69) is 27.0 Å². The Morgan fingerprint density at radius 3 is 1.78 bits per heavy atom. The lowest BCUT2D eigenvalue weighted by atomic mass is 9.77. The van der Waals surface area contributed by atoms with E-state index in [9.17, 15) is 19.8 Å². The topological polar surface area (TPSA) is 93.1 Å². The summed E-state index contributed by atoms with van der Waals surface area (Å²) < 4.78 is 10.3. The highest BCUT2D eigenvalue weighted by Crippen LogP contribution is 2.36. The second-order valence-corrected chi connectivity index (χ2v) is 9.90. The standard InChI is InChI=1S/C35H36O6/c1-5-13-25-23-27(17-19-31(25)36)35(3,4)28-18-20-32(37)26(24-28)14-9-7-8-12-22-41-34(39)30-16-11-10-15-29(30)33(38)40-21-6-2/h5-12,15-20,23-24,36-37H,1-2,13-14,21-22H2,3-4H3/b9-7+,12-8+. The molecule has 3 rings (SSSR count). The average molecular weight is 553 g/mol. The summed E-state index contributed by atoms with van der Waals surface area (Å²) in [6.45, 7) is 11.6. The smallest absolute Gasteiger partial charge is 0.339 e. The van der Waals surface area contributed by atoms with Crippen LogP contribution in [0.15, 0.2) is 110 Å². The maximum Gasteiger partial charge on any atom is 0.339 e. The Balaban J connectivity index is 1.61. The number of phenols is 2. The van der Waals surface area contributed by atoms with Crippen molar-refractivity contribution < 1.29 is 29.3 Å². The number of phenolic OH excluding ortho intramolecular Hbond substituents is 2. The summed E-state index contributed by atoms with van der Waals surface area (Å²) in [6, 6.07) is 17.5. The normalized spacial score (nSPS) is 11.5. The lowest BCUT2D eigenvalue weighted by Gasteiger charge is -2.27. The maximum absolute atomic E-state index is 12.5. The van der Waals surface area contributed by atoms with E-state index >= 15 is 0 Å². The molecule has 6 heteroatoms. The van der Waals surface area contributed by atoms with Crippen molar-refractivity contribution >= 4 is 11.9 Å². The first kappa shape index (κ1) is 30.7. The summed E-state index contributed by atoms with van der Waals surface area (Å²) >= 11 is 0. The Kier molecular flexibility index (Phi) is 10.9. The van der Waals surface area contributed by atoms with Crippen molar-refractivity contribution in [1.29, 1.82) is 0 Å². The van der Waals surface area contributed by atoms with Gasteiger partial charge in [0.15, 0.2) is 0 Å². The lowest BCUT2D eigenvalue weighted by Crippen LogP contribution is -2.19. The predicted molar refractivity (Wildman–Crippen MR) is 161 cm³/mol. The van der Waals surface area contributed by atoms with Crippen LogP contribution in [0.4, 0.5) is 0 Å².